The summed E-state index contributed by atoms with van der Waals surface area (Å²) in [6, 6.07) is 9.55. The van der Waals surface area contributed by atoms with Crippen molar-refractivity contribution in [3.05, 3.63) is 84.5 Å². The van der Waals surface area contributed by atoms with Crippen molar-refractivity contribution in [2.75, 3.05) is 28.4 Å². The first-order valence-corrected chi connectivity index (χ1v) is 11.9. The molecule has 0 saturated carbocycles. The Labute approximate surface area is 223 Å². The molecule has 3 aromatic carbocycles. The zero-order valence-corrected chi connectivity index (χ0v) is 21.9. The number of benzene rings is 2. The van der Waals surface area contributed by atoms with Gasteiger partial charge in [0.1, 0.15) is 5.56 Å². The van der Waals surface area contributed by atoms with Crippen LogP contribution in [0, 0.1) is 10.1 Å². The van der Waals surface area contributed by atoms with Gasteiger partial charge in [0.05, 0.1) is 44.4 Å². The number of hydrogen-bond donors (Lipinski definition) is 1. The number of nitrogens with one attached hydrogen (secondary N) is 1. The normalized spacial score (nSPS) is 13.9. The molecule has 4 rings (SSSR count). The van der Waals surface area contributed by atoms with Crippen LogP contribution in [0.25, 0.3) is 11.1 Å². The molecule has 0 bridgehead atoms. The molecule has 11 heteroatoms. The molecule has 1 atom stereocenters. The molecule has 0 unspecified atom stereocenters. The van der Waals surface area contributed by atoms with Crippen LogP contribution in [0.5, 0.6) is 23.0 Å². The number of halogens is 1. The minimum absolute atomic E-state index is 0.0916. The van der Waals surface area contributed by atoms with E-state index in [1.54, 1.807) is 12.1 Å². The van der Waals surface area contributed by atoms with Crippen molar-refractivity contribution in [2.24, 2.45) is 0 Å². The Kier molecular flexibility index (Phi) is 7.72. The average Bonchev–Trinajstić information content (AvgIpc) is 3.17. The molecule has 0 fully saturated rings. The number of methoxy groups -OCH3 is 4. The van der Waals surface area contributed by atoms with Gasteiger partial charge in [-0.15, -0.1) is 0 Å². The first kappa shape index (κ1) is 26.7. The highest BCUT2D eigenvalue weighted by molar-refractivity contribution is 6.34. The third-order valence-electron chi connectivity index (χ3n) is 6.46. The van der Waals surface area contributed by atoms with Crippen molar-refractivity contribution in [1.29, 1.82) is 0 Å². The van der Waals surface area contributed by atoms with Crippen LogP contribution < -0.4 is 29.7 Å². The first-order chi connectivity index (χ1) is 18.3. The largest absolute Gasteiger partial charge is 0.493 e. The van der Waals surface area contributed by atoms with E-state index in [2.05, 4.69) is 5.32 Å². The molecular formula is C27H25ClN2O8. The molecule has 0 saturated heterocycles. The van der Waals surface area contributed by atoms with E-state index in [4.69, 9.17) is 30.5 Å². The highest BCUT2D eigenvalue weighted by atomic mass is 35.5. The predicted octanol–water partition coefficient (Wildman–Crippen LogP) is 4.73. The number of carbonyl (C=O) groups is 1. The van der Waals surface area contributed by atoms with Gasteiger partial charge in [0.2, 0.25) is 11.2 Å². The van der Waals surface area contributed by atoms with Gasteiger partial charge in [-0.1, -0.05) is 29.8 Å². The Morgan fingerprint density at radius 2 is 1.68 bits per heavy atom. The third kappa shape index (κ3) is 4.58. The van der Waals surface area contributed by atoms with Crippen LogP contribution in [-0.4, -0.2) is 39.3 Å². The Morgan fingerprint density at radius 1 is 1.00 bits per heavy atom. The van der Waals surface area contributed by atoms with Crippen LogP contribution >= 0.6 is 11.6 Å². The van der Waals surface area contributed by atoms with Crippen molar-refractivity contribution in [3.63, 3.8) is 0 Å². The third-order valence-corrected chi connectivity index (χ3v) is 6.86. The van der Waals surface area contributed by atoms with Crippen LogP contribution in [0.15, 0.2) is 47.3 Å². The number of carbonyl (C=O) groups excluding carboxylic acids is 1. The lowest BCUT2D eigenvalue weighted by Gasteiger charge is -2.21. The van der Waals surface area contributed by atoms with Gasteiger partial charge in [0.25, 0.3) is 11.6 Å². The van der Waals surface area contributed by atoms with Crippen molar-refractivity contribution in [2.45, 2.75) is 18.9 Å². The smallest absolute Gasteiger partial charge is 0.282 e. The second-order valence-electron chi connectivity index (χ2n) is 8.39. The second-order valence-corrected chi connectivity index (χ2v) is 8.76. The van der Waals surface area contributed by atoms with Crippen molar-refractivity contribution < 1.29 is 28.7 Å². The number of nitrogens with zero attached hydrogens (tertiary/aromatic N) is 1. The molecule has 1 N–H and O–H groups in total. The molecule has 38 heavy (non-hydrogen) atoms. The van der Waals surface area contributed by atoms with E-state index in [0.717, 1.165) is 0 Å². The molecule has 0 aliphatic heterocycles. The molecule has 0 aromatic heterocycles. The van der Waals surface area contributed by atoms with Crippen LogP contribution in [0.4, 0.5) is 5.69 Å². The van der Waals surface area contributed by atoms with Gasteiger partial charge < -0.3 is 24.3 Å². The van der Waals surface area contributed by atoms with E-state index in [-0.39, 0.29) is 28.5 Å². The zero-order chi connectivity index (χ0) is 27.6. The number of ether oxygens (including phenoxy) is 4. The Balaban J connectivity index is 1.98. The highest BCUT2D eigenvalue weighted by Gasteiger charge is 2.33. The standard InChI is InChI=1S/C27H25ClN2O8/c1-35-21-12-10-14-17(13-20(21)31)18(29-27(32)15-7-5-6-8-19(15)30(33)34)11-9-16-22(14)24(36-2)26(38-4)25(37-3)23(16)28/h5-8,10,12-13,18H,9,11H2,1-4H3,(H,29,32)/t18-/m0/s1. The first-order valence-electron chi connectivity index (χ1n) is 11.5. The molecule has 0 spiro atoms. The van der Waals surface area contributed by atoms with Crippen LogP contribution in [0.3, 0.4) is 0 Å². The van der Waals surface area contributed by atoms with Gasteiger partial charge in [-0.3, -0.25) is 19.7 Å². The Morgan fingerprint density at radius 3 is 2.32 bits per heavy atom. The number of hydrogen-bond acceptors (Lipinski definition) is 8. The minimum Gasteiger partial charge on any atom is -0.493 e. The SMILES string of the molecule is COc1c(Cl)c2c(c(OC)c1OC)-c1ccc(OC)c(=O)cc1[C@@H](NC(=O)c1ccccc1[N+](=O)[O-])CC2. The fourth-order valence-electron chi connectivity index (χ4n) is 4.75. The predicted molar refractivity (Wildman–Crippen MR) is 141 cm³/mol. The summed E-state index contributed by atoms with van der Waals surface area (Å²) >= 11 is 6.80. The number of fused-ring (bicyclic) bond motifs is 3. The van der Waals surface area contributed by atoms with E-state index < -0.39 is 22.3 Å². The van der Waals surface area contributed by atoms with Crippen LogP contribution in [0.1, 0.15) is 33.9 Å². The van der Waals surface area contributed by atoms with E-state index in [0.29, 0.717) is 45.9 Å². The molecule has 3 aromatic rings. The fourth-order valence-corrected chi connectivity index (χ4v) is 5.10. The summed E-state index contributed by atoms with van der Waals surface area (Å²) in [4.78, 5) is 37.2. The maximum absolute atomic E-state index is 13.3. The number of nitro benzene ring substituents is 1. The van der Waals surface area contributed by atoms with Crippen LogP contribution in [0.2, 0.25) is 5.02 Å². The molecule has 0 radical (unpaired) electrons. The molecular weight excluding hydrogens is 516 g/mol. The lowest BCUT2D eigenvalue weighted by molar-refractivity contribution is -0.385. The zero-order valence-electron chi connectivity index (χ0n) is 21.1. The topological polar surface area (TPSA) is 126 Å². The number of rotatable bonds is 7. The van der Waals surface area contributed by atoms with E-state index in [1.807, 2.05) is 0 Å². The minimum atomic E-state index is -0.715. The molecule has 1 amide bonds. The summed E-state index contributed by atoms with van der Waals surface area (Å²) in [5.74, 6) is 0.338. The quantitative estimate of drug-likeness (QED) is 0.337. The molecule has 1 aliphatic carbocycles. The number of nitro groups is 1. The van der Waals surface area contributed by atoms with Crippen molar-refractivity contribution in [1.82, 2.24) is 5.32 Å². The summed E-state index contributed by atoms with van der Waals surface area (Å²) < 4.78 is 22.1. The van der Waals surface area contributed by atoms with Gasteiger partial charge in [-0.25, -0.2) is 0 Å². The monoisotopic (exact) mass is 540 g/mol. The van der Waals surface area contributed by atoms with Crippen molar-refractivity contribution >= 4 is 23.2 Å². The molecule has 0 heterocycles. The Hall–Kier alpha value is -4.31. The fraction of sp³-hybridized carbons (Fsp3) is 0.259. The second kappa shape index (κ2) is 11.0. The maximum atomic E-state index is 13.3. The summed E-state index contributed by atoms with van der Waals surface area (Å²) in [7, 11) is 5.78. The summed E-state index contributed by atoms with van der Waals surface area (Å²) in [5.41, 5.74) is 1.42. The molecule has 1 aliphatic rings. The number of amides is 1. The number of para-hydroxylation sites is 1. The van der Waals surface area contributed by atoms with Gasteiger partial charge in [-0.05, 0) is 47.7 Å². The summed E-state index contributed by atoms with van der Waals surface area (Å²) in [5, 5.41) is 14.7. The lowest BCUT2D eigenvalue weighted by atomic mass is 9.95. The van der Waals surface area contributed by atoms with Gasteiger partial charge in [0, 0.05) is 11.6 Å². The van der Waals surface area contributed by atoms with Gasteiger partial charge in [-0.2, -0.15) is 0 Å². The molecule has 10 nitrogen and oxygen atoms in total. The highest BCUT2D eigenvalue weighted by Crippen LogP contribution is 2.54. The van der Waals surface area contributed by atoms with E-state index >= 15 is 0 Å². The van der Waals surface area contributed by atoms with Gasteiger partial charge in [0.15, 0.2) is 17.2 Å². The van der Waals surface area contributed by atoms with Crippen LogP contribution in [-0.2, 0) is 6.42 Å². The maximum Gasteiger partial charge on any atom is 0.282 e. The van der Waals surface area contributed by atoms with Crippen molar-refractivity contribution in [3.8, 4) is 34.1 Å². The average molecular weight is 541 g/mol. The lowest BCUT2D eigenvalue weighted by Crippen LogP contribution is -2.29. The summed E-state index contributed by atoms with van der Waals surface area (Å²) in [6.07, 6.45) is 0.674. The van der Waals surface area contributed by atoms with E-state index in [1.165, 1.54) is 58.8 Å². The van der Waals surface area contributed by atoms with E-state index in [9.17, 15) is 19.7 Å². The molecule has 198 valence electrons. The van der Waals surface area contributed by atoms with Gasteiger partial charge >= 0.3 is 0 Å². The Bertz CT molecular complexity index is 1490. The summed E-state index contributed by atoms with van der Waals surface area (Å²) in [6.45, 7) is 0.